The molecule has 0 aromatic rings. The van der Waals surface area contributed by atoms with E-state index in [1.807, 2.05) is 13.8 Å². The van der Waals surface area contributed by atoms with Crippen LogP contribution in [0, 0.1) is 11.8 Å². The van der Waals surface area contributed by atoms with E-state index in [1.165, 1.54) is 0 Å². The summed E-state index contributed by atoms with van der Waals surface area (Å²) < 4.78 is 0. The zero-order chi connectivity index (χ0) is 24.1. The number of unbranched alkanes of at least 4 members (excludes halogenated alkanes) is 1. The molecular formula is C20H39N5O6. The minimum atomic E-state index is -1.37. The van der Waals surface area contributed by atoms with Crippen LogP contribution >= 0.6 is 0 Å². The maximum atomic E-state index is 12.7. The Hall–Kier alpha value is -2.24. The van der Waals surface area contributed by atoms with E-state index in [9.17, 15) is 29.4 Å². The quantitative estimate of drug-likeness (QED) is 0.150. The van der Waals surface area contributed by atoms with Crippen LogP contribution in [0.3, 0.4) is 0 Å². The molecule has 31 heavy (non-hydrogen) atoms. The fourth-order valence-corrected chi connectivity index (χ4v) is 2.89. The summed E-state index contributed by atoms with van der Waals surface area (Å²) in [4.78, 5) is 48.8. The van der Waals surface area contributed by atoms with Crippen LogP contribution in [0.5, 0.6) is 0 Å². The average Bonchev–Trinajstić information content (AvgIpc) is 2.67. The zero-order valence-corrected chi connectivity index (χ0v) is 18.9. The molecule has 9 N–H and O–H groups in total. The number of aliphatic hydroxyl groups excluding tert-OH is 1. The Morgan fingerprint density at radius 1 is 0.871 bits per heavy atom. The fourth-order valence-electron chi connectivity index (χ4n) is 2.89. The van der Waals surface area contributed by atoms with E-state index in [0.717, 1.165) is 0 Å². The van der Waals surface area contributed by atoms with Crippen LogP contribution in [0.4, 0.5) is 0 Å². The summed E-state index contributed by atoms with van der Waals surface area (Å²) in [6.07, 6.45) is 1.90. The molecule has 11 heteroatoms. The summed E-state index contributed by atoms with van der Waals surface area (Å²) in [5.41, 5.74) is 11.4. The van der Waals surface area contributed by atoms with Crippen molar-refractivity contribution in [3.63, 3.8) is 0 Å². The fraction of sp³-hybridized carbons (Fsp3) is 0.800. The Morgan fingerprint density at radius 3 is 1.87 bits per heavy atom. The van der Waals surface area contributed by atoms with Gasteiger partial charge in [0.2, 0.25) is 17.7 Å². The Labute approximate surface area is 183 Å². The number of rotatable bonds is 15. The van der Waals surface area contributed by atoms with Crippen LogP contribution in [-0.2, 0) is 19.2 Å². The van der Waals surface area contributed by atoms with Gasteiger partial charge in [-0.05, 0) is 44.1 Å². The number of nitrogens with two attached hydrogens (primary N) is 2. The van der Waals surface area contributed by atoms with Crippen LogP contribution in [0.25, 0.3) is 0 Å². The van der Waals surface area contributed by atoms with Crippen molar-refractivity contribution in [2.45, 2.75) is 77.5 Å². The number of aliphatic carboxylic acids is 1. The van der Waals surface area contributed by atoms with Gasteiger partial charge in [0.1, 0.15) is 18.1 Å². The minimum Gasteiger partial charge on any atom is -0.480 e. The lowest BCUT2D eigenvalue weighted by molar-refractivity contribution is -0.143. The third-order valence-corrected chi connectivity index (χ3v) is 4.69. The van der Waals surface area contributed by atoms with E-state index in [0.29, 0.717) is 25.8 Å². The van der Waals surface area contributed by atoms with Crippen molar-refractivity contribution < 1.29 is 29.4 Å². The molecule has 0 spiro atoms. The first kappa shape index (κ1) is 28.8. The van der Waals surface area contributed by atoms with E-state index < -0.39 is 60.4 Å². The van der Waals surface area contributed by atoms with Crippen molar-refractivity contribution in [2.24, 2.45) is 23.3 Å². The molecule has 11 nitrogen and oxygen atoms in total. The second-order valence-electron chi connectivity index (χ2n) is 8.39. The molecule has 0 saturated heterocycles. The van der Waals surface area contributed by atoms with Crippen LogP contribution in [0.2, 0.25) is 0 Å². The van der Waals surface area contributed by atoms with E-state index in [1.54, 1.807) is 13.8 Å². The van der Waals surface area contributed by atoms with E-state index in [2.05, 4.69) is 16.0 Å². The second-order valence-corrected chi connectivity index (χ2v) is 8.39. The normalized spacial score (nSPS) is 15.1. The molecule has 0 fully saturated rings. The molecule has 4 unspecified atom stereocenters. The van der Waals surface area contributed by atoms with Gasteiger partial charge in [0.05, 0.1) is 12.6 Å². The number of carbonyl (C=O) groups is 4. The highest BCUT2D eigenvalue weighted by atomic mass is 16.4. The maximum Gasteiger partial charge on any atom is 0.326 e. The Balaban J connectivity index is 5.23. The highest BCUT2D eigenvalue weighted by Gasteiger charge is 2.30. The molecule has 4 atom stereocenters. The van der Waals surface area contributed by atoms with Gasteiger partial charge in [-0.1, -0.05) is 27.7 Å². The topological polar surface area (TPSA) is 197 Å². The summed E-state index contributed by atoms with van der Waals surface area (Å²) in [5, 5.41) is 26.1. The lowest BCUT2D eigenvalue weighted by Gasteiger charge is -2.25. The molecule has 0 aliphatic rings. The molecule has 0 aliphatic carbocycles. The lowest BCUT2D eigenvalue weighted by atomic mass is 10.0. The largest absolute Gasteiger partial charge is 0.480 e. The minimum absolute atomic E-state index is 0.191. The summed E-state index contributed by atoms with van der Waals surface area (Å²) in [5.74, 6) is -3.43. The van der Waals surface area contributed by atoms with Crippen molar-refractivity contribution in [1.82, 2.24) is 16.0 Å². The summed E-state index contributed by atoms with van der Waals surface area (Å²) in [7, 11) is 0. The first-order chi connectivity index (χ1) is 14.4. The number of hydrogen-bond donors (Lipinski definition) is 7. The molecule has 0 heterocycles. The highest BCUT2D eigenvalue weighted by Crippen LogP contribution is 2.07. The summed E-state index contributed by atoms with van der Waals surface area (Å²) >= 11 is 0. The van der Waals surface area contributed by atoms with Gasteiger partial charge in [0.25, 0.3) is 0 Å². The summed E-state index contributed by atoms with van der Waals surface area (Å²) in [6, 6.07) is -4.30. The SMILES string of the molecule is CC(C)CC(N)C(=O)NC(CCCCN)C(=O)NC(CO)C(=O)NC(C(=O)O)C(C)C. The van der Waals surface area contributed by atoms with Crippen molar-refractivity contribution in [1.29, 1.82) is 0 Å². The molecule has 0 saturated carbocycles. The van der Waals surface area contributed by atoms with Gasteiger partial charge in [-0.2, -0.15) is 0 Å². The molecule has 0 aromatic heterocycles. The Kier molecular flexibility index (Phi) is 13.6. The maximum absolute atomic E-state index is 12.7. The number of hydrogen-bond acceptors (Lipinski definition) is 7. The number of carboxylic acids is 1. The number of carbonyl (C=O) groups excluding carboxylic acids is 3. The zero-order valence-electron chi connectivity index (χ0n) is 18.9. The summed E-state index contributed by atoms with van der Waals surface area (Å²) in [6.45, 7) is 6.76. The van der Waals surface area contributed by atoms with Crippen molar-refractivity contribution in [2.75, 3.05) is 13.2 Å². The molecule has 0 rings (SSSR count). The third kappa shape index (κ3) is 11.1. The van der Waals surface area contributed by atoms with Crippen molar-refractivity contribution in [3.05, 3.63) is 0 Å². The van der Waals surface area contributed by atoms with E-state index in [-0.39, 0.29) is 12.3 Å². The molecular weight excluding hydrogens is 406 g/mol. The third-order valence-electron chi connectivity index (χ3n) is 4.69. The highest BCUT2D eigenvalue weighted by molar-refractivity contribution is 5.94. The van der Waals surface area contributed by atoms with Crippen LogP contribution in [-0.4, -0.2) is 71.2 Å². The first-order valence-corrected chi connectivity index (χ1v) is 10.6. The second kappa shape index (κ2) is 14.7. The van der Waals surface area contributed by atoms with Gasteiger partial charge in [0, 0.05) is 0 Å². The van der Waals surface area contributed by atoms with Gasteiger partial charge in [0.15, 0.2) is 0 Å². The molecule has 0 aliphatic heterocycles. The number of amides is 3. The average molecular weight is 446 g/mol. The van der Waals surface area contributed by atoms with Gasteiger partial charge in [-0.25, -0.2) is 4.79 Å². The predicted octanol–water partition coefficient (Wildman–Crippen LogP) is -1.32. The Bertz CT molecular complexity index is 599. The molecule has 0 aromatic carbocycles. The number of aliphatic hydroxyl groups is 1. The molecule has 180 valence electrons. The van der Waals surface area contributed by atoms with E-state index >= 15 is 0 Å². The van der Waals surface area contributed by atoms with Gasteiger partial charge in [-0.15, -0.1) is 0 Å². The number of carboxylic acid groups (broad SMARTS) is 1. The van der Waals surface area contributed by atoms with E-state index in [4.69, 9.17) is 11.5 Å². The lowest BCUT2D eigenvalue weighted by Crippen LogP contribution is -2.58. The Morgan fingerprint density at radius 2 is 1.42 bits per heavy atom. The van der Waals surface area contributed by atoms with Crippen molar-refractivity contribution in [3.8, 4) is 0 Å². The van der Waals surface area contributed by atoms with Crippen LogP contribution in [0.15, 0.2) is 0 Å². The number of nitrogens with one attached hydrogen (secondary N) is 3. The van der Waals surface area contributed by atoms with Crippen LogP contribution in [0.1, 0.15) is 53.4 Å². The first-order valence-electron chi connectivity index (χ1n) is 10.6. The molecule has 0 bridgehead atoms. The molecule has 0 radical (unpaired) electrons. The molecule has 3 amide bonds. The standard InChI is InChI=1S/C20H39N5O6/c1-11(2)9-13(22)17(27)23-14(7-5-6-8-21)18(28)24-15(10-26)19(29)25-16(12(3)4)20(30)31/h11-16,26H,5-10,21-22H2,1-4H3,(H,23,27)(H,24,28)(H,25,29)(H,30,31). The predicted molar refractivity (Wildman–Crippen MR) is 116 cm³/mol. The van der Waals surface area contributed by atoms with Gasteiger partial charge < -0.3 is 37.6 Å². The monoisotopic (exact) mass is 445 g/mol. The van der Waals surface area contributed by atoms with Crippen LogP contribution < -0.4 is 27.4 Å². The van der Waals surface area contributed by atoms with Gasteiger partial charge >= 0.3 is 5.97 Å². The van der Waals surface area contributed by atoms with Crippen molar-refractivity contribution >= 4 is 23.7 Å². The smallest absolute Gasteiger partial charge is 0.326 e. The van der Waals surface area contributed by atoms with Gasteiger partial charge in [-0.3, -0.25) is 14.4 Å².